The third kappa shape index (κ3) is 5.38. The molecule has 9 nitrogen and oxygen atoms in total. The van der Waals surface area contributed by atoms with Gasteiger partial charge in [0, 0.05) is 51.4 Å². The average Bonchev–Trinajstić information content (AvgIpc) is 3.46. The number of carbonyl (C=O) groups is 2. The zero-order valence-corrected chi connectivity index (χ0v) is 24.4. The van der Waals surface area contributed by atoms with Crippen LogP contribution in [0.2, 0.25) is 0 Å². The summed E-state index contributed by atoms with van der Waals surface area (Å²) in [5.74, 6) is 1.31. The van der Waals surface area contributed by atoms with Gasteiger partial charge >= 0.3 is 0 Å². The number of aromatic nitrogens is 2. The Bertz CT molecular complexity index is 1280. The molecule has 0 spiro atoms. The van der Waals surface area contributed by atoms with Gasteiger partial charge in [-0.3, -0.25) is 9.59 Å². The van der Waals surface area contributed by atoms with Crippen LogP contribution in [0.5, 0.6) is 0 Å². The second kappa shape index (κ2) is 11.5. The second-order valence-electron chi connectivity index (χ2n) is 12.4. The SMILES string of the molecule is CCN(C(=O)c1cc(F)ccc1N1CCN(CC2CCN(C(=O)[C@H]3NC4CCC3CC4)C2)c2ncncc21)C(C)C. The van der Waals surface area contributed by atoms with E-state index in [0.29, 0.717) is 48.8 Å². The van der Waals surface area contributed by atoms with Crippen LogP contribution in [0, 0.1) is 17.7 Å². The molecule has 1 aromatic heterocycles. The molecule has 2 amide bonds. The van der Waals surface area contributed by atoms with Crippen LogP contribution in [0.1, 0.15) is 63.2 Å². The maximum Gasteiger partial charge on any atom is 0.256 e. The summed E-state index contributed by atoms with van der Waals surface area (Å²) in [6.45, 7) is 10.1. The first kappa shape index (κ1) is 27.9. The molecule has 1 N–H and O–H groups in total. The minimum absolute atomic E-state index is 0.00187. The predicted octanol–water partition coefficient (Wildman–Crippen LogP) is 3.82. The normalized spacial score (nSPS) is 25.5. The highest BCUT2D eigenvalue weighted by atomic mass is 19.1. The summed E-state index contributed by atoms with van der Waals surface area (Å²) >= 11 is 0. The Morgan fingerprint density at radius 1 is 1.10 bits per heavy atom. The van der Waals surface area contributed by atoms with E-state index in [2.05, 4.69) is 25.1 Å². The summed E-state index contributed by atoms with van der Waals surface area (Å²) in [5, 5.41) is 3.62. The van der Waals surface area contributed by atoms with Crippen LogP contribution in [-0.4, -0.2) is 89.0 Å². The van der Waals surface area contributed by atoms with Crippen LogP contribution >= 0.6 is 0 Å². The lowest BCUT2D eigenvalue weighted by Gasteiger charge is -2.43. The van der Waals surface area contributed by atoms with E-state index in [1.807, 2.05) is 25.7 Å². The summed E-state index contributed by atoms with van der Waals surface area (Å²) in [4.78, 5) is 44.1. The second-order valence-corrected chi connectivity index (χ2v) is 12.4. The number of hydrogen-bond donors (Lipinski definition) is 1. The van der Waals surface area contributed by atoms with Gasteiger partial charge in [-0.25, -0.2) is 14.4 Å². The zero-order valence-electron chi connectivity index (χ0n) is 24.4. The van der Waals surface area contributed by atoms with E-state index in [4.69, 9.17) is 0 Å². The third-order valence-electron chi connectivity index (χ3n) is 9.56. The molecule has 4 aliphatic heterocycles. The van der Waals surface area contributed by atoms with Crippen LogP contribution in [0.25, 0.3) is 0 Å². The van der Waals surface area contributed by atoms with Gasteiger partial charge in [-0.2, -0.15) is 0 Å². The molecule has 2 atom stereocenters. The molecule has 1 saturated carbocycles. The molecule has 5 heterocycles. The molecule has 3 saturated heterocycles. The number of halogens is 1. The van der Waals surface area contributed by atoms with E-state index in [0.717, 1.165) is 37.6 Å². The van der Waals surface area contributed by atoms with E-state index in [-0.39, 0.29) is 23.9 Å². The van der Waals surface area contributed by atoms with Crippen LogP contribution < -0.4 is 15.1 Å². The highest BCUT2D eigenvalue weighted by Crippen LogP contribution is 2.39. The molecule has 1 aromatic carbocycles. The first-order valence-electron chi connectivity index (χ1n) is 15.3. The summed E-state index contributed by atoms with van der Waals surface area (Å²) in [7, 11) is 0. The molecule has 0 radical (unpaired) electrons. The summed E-state index contributed by atoms with van der Waals surface area (Å²) in [5.41, 5.74) is 1.82. The Labute approximate surface area is 242 Å². The van der Waals surface area contributed by atoms with E-state index in [1.54, 1.807) is 23.5 Å². The lowest BCUT2D eigenvalue weighted by molar-refractivity contribution is -0.136. The number of fused-ring (bicyclic) bond motifs is 4. The van der Waals surface area contributed by atoms with Gasteiger partial charge in [-0.15, -0.1) is 0 Å². The first-order chi connectivity index (χ1) is 19.8. The van der Waals surface area contributed by atoms with Crippen LogP contribution in [-0.2, 0) is 4.79 Å². The van der Waals surface area contributed by atoms with Crippen molar-refractivity contribution in [3.63, 3.8) is 0 Å². The van der Waals surface area contributed by atoms with Crippen molar-refractivity contribution in [3.8, 4) is 0 Å². The number of nitrogens with zero attached hydrogens (tertiary/aromatic N) is 6. The molecule has 220 valence electrons. The van der Waals surface area contributed by atoms with Gasteiger partial charge in [0.25, 0.3) is 5.91 Å². The molecular formula is C31H42FN7O2. The minimum Gasteiger partial charge on any atom is -0.353 e. The van der Waals surface area contributed by atoms with Crippen molar-refractivity contribution in [2.24, 2.45) is 11.8 Å². The number of benzene rings is 1. The van der Waals surface area contributed by atoms with E-state index in [9.17, 15) is 14.0 Å². The highest BCUT2D eigenvalue weighted by Gasteiger charge is 2.42. The molecule has 41 heavy (non-hydrogen) atoms. The molecule has 1 unspecified atom stereocenters. The number of hydrogen-bond acceptors (Lipinski definition) is 7. The zero-order chi connectivity index (χ0) is 28.7. The molecule has 2 bridgehead atoms. The fourth-order valence-corrected chi connectivity index (χ4v) is 7.41. The fourth-order valence-electron chi connectivity index (χ4n) is 7.41. The largest absolute Gasteiger partial charge is 0.353 e. The van der Waals surface area contributed by atoms with Crippen molar-refractivity contribution in [1.82, 2.24) is 25.1 Å². The number of likely N-dealkylation sites (tertiary alicyclic amines) is 1. The molecule has 10 heteroatoms. The minimum atomic E-state index is -0.434. The third-order valence-corrected chi connectivity index (χ3v) is 9.56. The molecule has 5 aliphatic rings. The maximum absolute atomic E-state index is 14.4. The number of nitrogens with one attached hydrogen (secondary N) is 1. The number of piperidine rings is 2. The lowest BCUT2D eigenvalue weighted by Crippen LogP contribution is -2.59. The quantitative estimate of drug-likeness (QED) is 0.548. The molecule has 2 aromatic rings. The van der Waals surface area contributed by atoms with Crippen molar-refractivity contribution < 1.29 is 14.0 Å². The Kier molecular flexibility index (Phi) is 7.85. The van der Waals surface area contributed by atoms with Crippen molar-refractivity contribution in [3.05, 3.63) is 42.1 Å². The standard InChI is InChI=1S/C31H42FN7O2/c1-4-38(20(2)3)30(40)25-15-23(32)7-10-26(25)39-14-13-36(29-27(39)16-33-19-34-29)17-21-11-12-37(18-21)31(41)28-22-5-8-24(35-28)9-6-22/h7,10,15-16,19-22,24,28,35H,4-6,8-9,11-14,17-18H2,1-3H3/t21?,22?,24?,28-/m0/s1. The topological polar surface area (TPSA) is 84.9 Å². The average molecular weight is 564 g/mol. The Balaban J connectivity index is 1.18. The van der Waals surface area contributed by atoms with E-state index >= 15 is 0 Å². The van der Waals surface area contributed by atoms with E-state index < -0.39 is 5.82 Å². The number of rotatable bonds is 7. The predicted molar refractivity (Wildman–Crippen MR) is 157 cm³/mol. The van der Waals surface area contributed by atoms with Crippen molar-refractivity contribution in [2.45, 2.75) is 71.0 Å². The summed E-state index contributed by atoms with van der Waals surface area (Å²) in [6.07, 6.45) is 9.05. The Hall–Kier alpha value is -3.27. The molecule has 4 fully saturated rings. The monoisotopic (exact) mass is 563 g/mol. The van der Waals surface area contributed by atoms with Gasteiger partial charge in [0.05, 0.1) is 23.5 Å². The van der Waals surface area contributed by atoms with Gasteiger partial charge < -0.3 is 24.9 Å². The molecule has 1 aliphatic carbocycles. The number of carbonyl (C=O) groups excluding carboxylic acids is 2. The van der Waals surface area contributed by atoms with Crippen molar-refractivity contribution in [2.75, 3.05) is 49.1 Å². The smallest absolute Gasteiger partial charge is 0.256 e. The number of anilines is 3. The maximum atomic E-state index is 14.4. The Morgan fingerprint density at radius 3 is 2.61 bits per heavy atom. The van der Waals surface area contributed by atoms with Gasteiger partial charge in [0.15, 0.2) is 5.82 Å². The summed E-state index contributed by atoms with van der Waals surface area (Å²) in [6, 6.07) is 4.94. The lowest BCUT2D eigenvalue weighted by atomic mass is 9.76. The van der Waals surface area contributed by atoms with Gasteiger partial charge in [0.2, 0.25) is 5.91 Å². The van der Waals surface area contributed by atoms with Crippen LogP contribution in [0.15, 0.2) is 30.7 Å². The number of amides is 2. The fraction of sp³-hybridized carbons (Fsp3) is 0.613. The van der Waals surface area contributed by atoms with Crippen LogP contribution in [0.3, 0.4) is 0 Å². The summed E-state index contributed by atoms with van der Waals surface area (Å²) < 4.78 is 14.4. The van der Waals surface area contributed by atoms with E-state index in [1.165, 1.54) is 37.8 Å². The first-order valence-corrected chi connectivity index (χ1v) is 15.3. The Morgan fingerprint density at radius 2 is 1.90 bits per heavy atom. The van der Waals surface area contributed by atoms with Crippen molar-refractivity contribution >= 4 is 29.0 Å². The van der Waals surface area contributed by atoms with Gasteiger partial charge in [0.1, 0.15) is 17.8 Å². The van der Waals surface area contributed by atoms with Crippen molar-refractivity contribution in [1.29, 1.82) is 0 Å². The van der Waals surface area contributed by atoms with Gasteiger partial charge in [-0.1, -0.05) is 0 Å². The molecule has 7 rings (SSSR count). The van der Waals surface area contributed by atoms with Gasteiger partial charge in [-0.05, 0) is 82.9 Å². The van der Waals surface area contributed by atoms with Crippen LogP contribution in [0.4, 0.5) is 21.6 Å². The molecular weight excluding hydrogens is 521 g/mol. The highest BCUT2D eigenvalue weighted by molar-refractivity contribution is 6.01.